The Labute approximate surface area is 181 Å². The minimum atomic E-state index is -6.00. The van der Waals surface area contributed by atoms with E-state index in [1.807, 2.05) is 0 Å². The Morgan fingerprint density at radius 2 is 0.760 bits per heavy atom. The summed E-state index contributed by atoms with van der Waals surface area (Å²) in [4.78, 5) is 0. The summed E-state index contributed by atoms with van der Waals surface area (Å²) >= 11 is 0. The molecule has 0 nitrogen and oxygen atoms in total. The van der Waals surface area contributed by atoms with E-state index in [9.17, 15) is 51.8 Å². The Morgan fingerprint density at radius 1 is 0.560 bits per heavy atom. The third kappa shape index (κ3) is 78.3. The average Bonchev–Trinajstić information content (AvgIpc) is 2.23. The Morgan fingerprint density at radius 3 is 0.880 bits per heavy atom. The summed E-state index contributed by atoms with van der Waals surface area (Å²) in [6.45, 7) is 4.71. The van der Waals surface area contributed by atoms with Gasteiger partial charge in [-0.1, -0.05) is 46.0 Å². The van der Waals surface area contributed by atoms with E-state index < -0.39 is 21.8 Å². The molecule has 0 saturated heterocycles. The fourth-order valence-electron chi connectivity index (χ4n) is 1.80. The van der Waals surface area contributed by atoms with Gasteiger partial charge in [-0.2, -0.15) is 0 Å². The molecular formula is C9H19B3F12K-3. The van der Waals surface area contributed by atoms with Crippen molar-refractivity contribution in [2.45, 2.75) is 46.0 Å². The van der Waals surface area contributed by atoms with E-state index in [0.717, 1.165) is 11.8 Å². The van der Waals surface area contributed by atoms with Gasteiger partial charge >= 0.3 is 73.1 Å². The molecule has 0 bridgehead atoms. The molecule has 1 fully saturated rings. The fourth-order valence-corrected chi connectivity index (χ4v) is 1.80. The zero-order valence-corrected chi connectivity index (χ0v) is 13.0. The SMILES string of the molecule is CC(C)C1CCCCC1.F[B-](F)(F)F.F[B-](F)(F)F.F[B-](F)(F)F.[KH]. The van der Waals surface area contributed by atoms with Crippen LogP contribution < -0.4 is 0 Å². The van der Waals surface area contributed by atoms with Crippen LogP contribution in [0.2, 0.25) is 0 Å². The van der Waals surface area contributed by atoms with Crippen LogP contribution in [0.3, 0.4) is 0 Å². The molecule has 0 aromatic heterocycles. The van der Waals surface area contributed by atoms with E-state index >= 15 is 0 Å². The molecule has 1 aliphatic rings. The maximum absolute atomic E-state index is 9.75. The van der Waals surface area contributed by atoms with Crippen molar-refractivity contribution in [2.75, 3.05) is 0 Å². The molecule has 0 aliphatic heterocycles. The van der Waals surface area contributed by atoms with Crippen LogP contribution in [0.5, 0.6) is 0 Å². The van der Waals surface area contributed by atoms with Crippen molar-refractivity contribution in [3.05, 3.63) is 0 Å². The molecule has 0 unspecified atom stereocenters. The summed E-state index contributed by atoms with van der Waals surface area (Å²) in [5, 5.41) is 0. The van der Waals surface area contributed by atoms with Gasteiger partial charge in [-0.15, -0.1) is 0 Å². The van der Waals surface area contributed by atoms with Crippen molar-refractivity contribution in [1.82, 2.24) is 0 Å². The van der Waals surface area contributed by atoms with Crippen LogP contribution in [0.1, 0.15) is 46.0 Å². The molecule has 0 amide bonds. The second-order valence-corrected chi connectivity index (χ2v) is 5.13. The van der Waals surface area contributed by atoms with Crippen molar-refractivity contribution < 1.29 is 51.8 Å². The van der Waals surface area contributed by atoms with E-state index in [-0.39, 0.29) is 51.4 Å². The third-order valence-electron chi connectivity index (χ3n) is 2.59. The zero-order valence-electron chi connectivity index (χ0n) is 13.0. The van der Waals surface area contributed by atoms with Crippen LogP contribution in [0.15, 0.2) is 0 Å². The van der Waals surface area contributed by atoms with E-state index in [1.54, 1.807) is 0 Å². The minimum absolute atomic E-state index is 0. The average molecular weight is 427 g/mol. The predicted octanol–water partition coefficient (Wildman–Crippen LogP) is 6.47. The second kappa shape index (κ2) is 16.0. The number of hydrogen-bond acceptors (Lipinski definition) is 0. The second-order valence-electron chi connectivity index (χ2n) is 5.13. The number of hydrogen-bond donors (Lipinski definition) is 0. The molecule has 0 aromatic rings. The van der Waals surface area contributed by atoms with E-state index in [4.69, 9.17) is 0 Å². The Bertz CT molecular complexity index is 238. The van der Waals surface area contributed by atoms with Gasteiger partial charge in [0, 0.05) is 0 Å². The molecule has 0 spiro atoms. The van der Waals surface area contributed by atoms with Crippen LogP contribution >= 0.6 is 0 Å². The molecule has 0 heterocycles. The summed E-state index contributed by atoms with van der Waals surface area (Å²) in [5.41, 5.74) is 0. The monoisotopic (exact) mass is 427 g/mol. The molecule has 25 heavy (non-hydrogen) atoms. The zero-order chi connectivity index (χ0) is 20.2. The van der Waals surface area contributed by atoms with Crippen molar-refractivity contribution in [2.24, 2.45) is 11.8 Å². The predicted molar refractivity (Wildman–Crippen MR) is 79.1 cm³/mol. The van der Waals surface area contributed by atoms with Crippen LogP contribution in [0, 0.1) is 11.8 Å². The van der Waals surface area contributed by atoms with Crippen molar-refractivity contribution in [1.29, 1.82) is 0 Å². The molecule has 0 aromatic carbocycles. The van der Waals surface area contributed by atoms with Crippen LogP contribution in [0.4, 0.5) is 51.8 Å². The first-order valence-corrected chi connectivity index (χ1v) is 6.92. The first-order valence-electron chi connectivity index (χ1n) is 6.92. The van der Waals surface area contributed by atoms with Gasteiger partial charge in [0.25, 0.3) is 0 Å². The number of halogens is 12. The summed E-state index contributed by atoms with van der Waals surface area (Å²) in [6, 6.07) is 0. The fraction of sp³-hybridized carbons (Fsp3) is 1.00. The standard InChI is InChI=1S/C9H18.3BF4.K.H/c1-8(2)9-6-4-3-5-7-9;3*2-1(3,4)5;;/h8-9H,3-7H2,1-2H3;;;;;/q;3*-1;;. The number of rotatable bonds is 1. The van der Waals surface area contributed by atoms with Gasteiger partial charge < -0.3 is 51.8 Å². The quantitative estimate of drug-likeness (QED) is 0.333. The Kier molecular flexibility index (Phi) is 21.5. The van der Waals surface area contributed by atoms with Crippen molar-refractivity contribution in [3.8, 4) is 0 Å². The van der Waals surface area contributed by atoms with Crippen molar-refractivity contribution in [3.63, 3.8) is 0 Å². The Hall–Kier alpha value is 0.991. The van der Waals surface area contributed by atoms with Gasteiger partial charge in [-0.25, -0.2) is 0 Å². The summed E-state index contributed by atoms with van der Waals surface area (Å²) in [7, 11) is -18.0. The van der Waals surface area contributed by atoms with Gasteiger partial charge in [0.1, 0.15) is 0 Å². The van der Waals surface area contributed by atoms with Crippen LogP contribution in [-0.2, 0) is 0 Å². The molecule has 0 N–H and O–H groups in total. The molecule has 1 saturated carbocycles. The van der Waals surface area contributed by atoms with Crippen molar-refractivity contribution >= 4 is 73.1 Å². The van der Waals surface area contributed by atoms with Gasteiger partial charge in [-0.3, -0.25) is 0 Å². The Balaban J connectivity index is -0.000000122. The van der Waals surface area contributed by atoms with Gasteiger partial charge in [-0.05, 0) is 11.8 Å². The first kappa shape index (κ1) is 33.6. The molecule has 1 aliphatic carbocycles. The van der Waals surface area contributed by atoms with Crippen LogP contribution in [0.25, 0.3) is 0 Å². The molecule has 1 rings (SSSR count). The van der Waals surface area contributed by atoms with E-state index in [2.05, 4.69) is 13.8 Å². The maximum atomic E-state index is 9.75. The molecule has 152 valence electrons. The summed E-state index contributed by atoms with van der Waals surface area (Å²) < 4.78 is 117. The van der Waals surface area contributed by atoms with E-state index in [0.29, 0.717) is 0 Å². The van der Waals surface area contributed by atoms with Gasteiger partial charge in [0.2, 0.25) is 0 Å². The third-order valence-corrected chi connectivity index (χ3v) is 2.59. The first-order chi connectivity index (χ1) is 10.3. The molecule has 0 atom stereocenters. The topological polar surface area (TPSA) is 0 Å². The summed E-state index contributed by atoms with van der Waals surface area (Å²) in [5.74, 6) is 1.99. The molecular weight excluding hydrogens is 408 g/mol. The summed E-state index contributed by atoms with van der Waals surface area (Å²) in [6.07, 6.45) is 7.46. The normalized spacial score (nSPS) is 15.5. The molecule has 0 radical (unpaired) electrons. The van der Waals surface area contributed by atoms with Gasteiger partial charge in [0.05, 0.1) is 0 Å². The van der Waals surface area contributed by atoms with E-state index in [1.165, 1.54) is 32.1 Å². The van der Waals surface area contributed by atoms with Gasteiger partial charge in [0.15, 0.2) is 0 Å². The molecule has 16 heteroatoms. The van der Waals surface area contributed by atoms with Crippen LogP contribution in [-0.4, -0.2) is 73.1 Å².